The second kappa shape index (κ2) is 4.04. The van der Waals surface area contributed by atoms with Gasteiger partial charge in [0.25, 0.3) is 0 Å². The van der Waals surface area contributed by atoms with Crippen molar-refractivity contribution >= 4 is 0 Å². The van der Waals surface area contributed by atoms with Crippen LogP contribution >= 0.6 is 0 Å². The van der Waals surface area contributed by atoms with E-state index in [-0.39, 0.29) is 0 Å². The van der Waals surface area contributed by atoms with Crippen LogP contribution in [0.25, 0.3) is 0 Å². The van der Waals surface area contributed by atoms with Crippen LogP contribution in [0.15, 0.2) is 0 Å². The van der Waals surface area contributed by atoms with Crippen LogP contribution in [0.4, 0.5) is 0 Å². The van der Waals surface area contributed by atoms with Gasteiger partial charge in [-0.05, 0) is 32.7 Å². The zero-order valence-electron chi connectivity index (χ0n) is 9.78. The van der Waals surface area contributed by atoms with Crippen LogP contribution in [-0.4, -0.2) is 61.2 Å². The van der Waals surface area contributed by atoms with Gasteiger partial charge in [-0.25, -0.2) is 0 Å². The lowest BCUT2D eigenvalue weighted by molar-refractivity contribution is 0.0680. The summed E-state index contributed by atoms with van der Waals surface area (Å²) >= 11 is 0. The SMILES string of the molecule is CN1[C@@H]2CC[C@H]1C[C@@H](N1CCNCC1)C2. The van der Waals surface area contributed by atoms with Crippen molar-refractivity contribution in [3.05, 3.63) is 0 Å². The smallest absolute Gasteiger partial charge is 0.0126 e. The monoisotopic (exact) mass is 209 g/mol. The van der Waals surface area contributed by atoms with Crippen molar-refractivity contribution in [2.75, 3.05) is 33.2 Å². The summed E-state index contributed by atoms with van der Waals surface area (Å²) in [6.07, 6.45) is 5.74. The highest BCUT2D eigenvalue weighted by Crippen LogP contribution is 2.36. The zero-order chi connectivity index (χ0) is 10.3. The molecule has 0 amide bonds. The molecule has 2 bridgehead atoms. The number of piperazine rings is 1. The van der Waals surface area contributed by atoms with E-state index in [0.717, 1.165) is 18.1 Å². The molecule has 3 heterocycles. The molecule has 0 saturated carbocycles. The van der Waals surface area contributed by atoms with E-state index in [4.69, 9.17) is 0 Å². The average molecular weight is 209 g/mol. The highest BCUT2D eigenvalue weighted by atomic mass is 15.3. The Labute approximate surface area is 92.8 Å². The first kappa shape index (κ1) is 10.1. The maximum absolute atomic E-state index is 3.45. The minimum atomic E-state index is 0.890. The van der Waals surface area contributed by atoms with Gasteiger partial charge in [-0.1, -0.05) is 0 Å². The fourth-order valence-electron chi connectivity index (χ4n) is 3.73. The van der Waals surface area contributed by atoms with E-state index in [1.54, 1.807) is 0 Å². The molecule has 15 heavy (non-hydrogen) atoms. The van der Waals surface area contributed by atoms with Gasteiger partial charge in [0.2, 0.25) is 0 Å². The standard InChI is InChI=1S/C12H23N3/c1-14-10-2-3-11(14)9-12(8-10)15-6-4-13-5-7-15/h10-13H,2-9H2,1H3/t10-,11+,12+. The summed E-state index contributed by atoms with van der Waals surface area (Å²) in [6.45, 7) is 4.94. The molecular formula is C12H23N3. The topological polar surface area (TPSA) is 18.5 Å². The van der Waals surface area contributed by atoms with E-state index < -0.39 is 0 Å². The first-order valence-corrected chi connectivity index (χ1v) is 6.51. The van der Waals surface area contributed by atoms with E-state index in [1.165, 1.54) is 51.9 Å². The van der Waals surface area contributed by atoms with E-state index in [0.29, 0.717) is 0 Å². The van der Waals surface area contributed by atoms with Crippen LogP contribution in [0.2, 0.25) is 0 Å². The van der Waals surface area contributed by atoms with E-state index in [9.17, 15) is 0 Å². The Morgan fingerprint density at radius 3 is 2.13 bits per heavy atom. The Morgan fingerprint density at radius 1 is 0.933 bits per heavy atom. The van der Waals surface area contributed by atoms with E-state index in [2.05, 4.69) is 22.2 Å². The Hall–Kier alpha value is -0.120. The van der Waals surface area contributed by atoms with Crippen LogP contribution in [-0.2, 0) is 0 Å². The molecule has 0 aromatic rings. The second-order valence-corrected chi connectivity index (χ2v) is 5.46. The Balaban J connectivity index is 1.64. The van der Waals surface area contributed by atoms with Gasteiger partial charge in [-0.15, -0.1) is 0 Å². The van der Waals surface area contributed by atoms with Crippen molar-refractivity contribution in [1.82, 2.24) is 15.1 Å². The number of nitrogens with one attached hydrogen (secondary N) is 1. The molecular weight excluding hydrogens is 186 g/mol. The highest BCUT2D eigenvalue weighted by Gasteiger charge is 2.40. The molecule has 3 rings (SSSR count). The third-order valence-electron chi connectivity index (χ3n) is 4.74. The molecule has 3 nitrogen and oxygen atoms in total. The second-order valence-electron chi connectivity index (χ2n) is 5.46. The predicted octanol–water partition coefficient (Wildman–Crippen LogP) is 0.517. The number of fused-ring (bicyclic) bond motifs is 2. The lowest BCUT2D eigenvalue weighted by Gasteiger charge is -2.43. The summed E-state index contributed by atoms with van der Waals surface area (Å²) in [5, 5.41) is 3.45. The van der Waals surface area contributed by atoms with Crippen LogP contribution in [0.5, 0.6) is 0 Å². The van der Waals surface area contributed by atoms with Gasteiger partial charge in [0, 0.05) is 44.3 Å². The van der Waals surface area contributed by atoms with Crippen LogP contribution in [0.1, 0.15) is 25.7 Å². The summed E-state index contributed by atoms with van der Waals surface area (Å²) in [4.78, 5) is 5.37. The molecule has 3 fully saturated rings. The predicted molar refractivity (Wildman–Crippen MR) is 62.0 cm³/mol. The quantitative estimate of drug-likeness (QED) is 0.679. The number of nitrogens with zero attached hydrogens (tertiary/aromatic N) is 2. The minimum Gasteiger partial charge on any atom is -0.314 e. The molecule has 0 spiro atoms. The minimum absolute atomic E-state index is 0.890. The summed E-state index contributed by atoms with van der Waals surface area (Å²) in [6, 6.07) is 2.67. The Bertz CT molecular complexity index is 211. The van der Waals surface area contributed by atoms with Crippen molar-refractivity contribution in [1.29, 1.82) is 0 Å². The van der Waals surface area contributed by atoms with Crippen molar-refractivity contribution in [3.63, 3.8) is 0 Å². The third kappa shape index (κ3) is 1.81. The maximum Gasteiger partial charge on any atom is 0.0126 e. The average Bonchev–Trinajstić information content (AvgIpc) is 2.54. The Kier molecular flexibility index (Phi) is 2.71. The van der Waals surface area contributed by atoms with Crippen LogP contribution in [0.3, 0.4) is 0 Å². The lowest BCUT2D eigenvalue weighted by Crippen LogP contribution is -2.54. The first-order chi connectivity index (χ1) is 7.34. The molecule has 3 atom stereocenters. The molecule has 1 N–H and O–H groups in total. The Morgan fingerprint density at radius 2 is 1.53 bits per heavy atom. The molecule has 3 aliphatic heterocycles. The number of rotatable bonds is 1. The van der Waals surface area contributed by atoms with Crippen molar-refractivity contribution < 1.29 is 0 Å². The fourth-order valence-corrected chi connectivity index (χ4v) is 3.73. The normalized spacial score (nSPS) is 43.4. The van der Waals surface area contributed by atoms with Gasteiger partial charge in [-0.3, -0.25) is 4.90 Å². The molecule has 0 radical (unpaired) electrons. The van der Waals surface area contributed by atoms with Crippen molar-refractivity contribution in [2.45, 2.75) is 43.8 Å². The van der Waals surface area contributed by atoms with Gasteiger partial charge in [0.1, 0.15) is 0 Å². The van der Waals surface area contributed by atoms with Gasteiger partial charge in [0.15, 0.2) is 0 Å². The third-order valence-corrected chi connectivity index (χ3v) is 4.74. The zero-order valence-corrected chi connectivity index (χ0v) is 9.78. The number of hydrogen-bond donors (Lipinski definition) is 1. The summed E-state index contributed by atoms with van der Waals surface area (Å²) in [7, 11) is 2.33. The molecule has 0 aliphatic carbocycles. The molecule has 3 aliphatic rings. The largest absolute Gasteiger partial charge is 0.314 e. The van der Waals surface area contributed by atoms with Gasteiger partial charge in [-0.2, -0.15) is 0 Å². The van der Waals surface area contributed by atoms with Crippen LogP contribution in [0, 0.1) is 0 Å². The van der Waals surface area contributed by atoms with Gasteiger partial charge >= 0.3 is 0 Å². The lowest BCUT2D eigenvalue weighted by atomic mass is 9.96. The summed E-state index contributed by atoms with van der Waals surface area (Å²) in [5.74, 6) is 0. The molecule has 0 aromatic heterocycles. The van der Waals surface area contributed by atoms with Crippen molar-refractivity contribution in [3.8, 4) is 0 Å². The maximum atomic E-state index is 3.45. The molecule has 3 heteroatoms. The summed E-state index contributed by atoms with van der Waals surface area (Å²) in [5.41, 5.74) is 0. The molecule has 0 unspecified atom stereocenters. The van der Waals surface area contributed by atoms with Gasteiger partial charge in [0.05, 0.1) is 0 Å². The van der Waals surface area contributed by atoms with Gasteiger partial charge < -0.3 is 10.2 Å². The highest BCUT2D eigenvalue weighted by molar-refractivity contribution is 4.97. The first-order valence-electron chi connectivity index (χ1n) is 6.51. The fraction of sp³-hybridized carbons (Fsp3) is 1.00. The molecule has 3 saturated heterocycles. The van der Waals surface area contributed by atoms with Crippen LogP contribution < -0.4 is 5.32 Å². The summed E-state index contributed by atoms with van der Waals surface area (Å²) < 4.78 is 0. The van der Waals surface area contributed by atoms with E-state index >= 15 is 0 Å². The van der Waals surface area contributed by atoms with E-state index in [1.807, 2.05) is 0 Å². The van der Waals surface area contributed by atoms with Crippen molar-refractivity contribution in [2.24, 2.45) is 0 Å². The number of piperidine rings is 1. The molecule has 0 aromatic carbocycles. The number of hydrogen-bond acceptors (Lipinski definition) is 3. The molecule has 86 valence electrons.